The van der Waals surface area contributed by atoms with E-state index in [1.54, 1.807) is 18.3 Å². The smallest absolute Gasteiger partial charge is 0.252 e. The van der Waals surface area contributed by atoms with Crippen LogP contribution in [0.15, 0.2) is 37.1 Å². The van der Waals surface area contributed by atoms with E-state index in [0.717, 1.165) is 0 Å². The largest absolute Gasteiger partial charge is 0.384 e. The quantitative estimate of drug-likeness (QED) is 0.773. The molecule has 2 rings (SSSR count). The zero-order chi connectivity index (χ0) is 14.2. The van der Waals surface area contributed by atoms with Crippen LogP contribution in [-0.2, 0) is 6.54 Å². The topological polar surface area (TPSA) is 88.0 Å². The van der Waals surface area contributed by atoms with Gasteiger partial charge in [0.05, 0.1) is 23.4 Å². The van der Waals surface area contributed by atoms with Crippen LogP contribution in [-0.4, -0.2) is 32.6 Å². The van der Waals surface area contributed by atoms with Crippen molar-refractivity contribution in [3.05, 3.63) is 53.9 Å². The number of hydrogen-bond donors (Lipinski definition) is 2. The van der Waals surface area contributed by atoms with Crippen molar-refractivity contribution in [2.75, 3.05) is 6.61 Å². The monoisotopic (exact) mass is 268 g/mol. The van der Waals surface area contributed by atoms with Gasteiger partial charge in [0, 0.05) is 18.6 Å². The molecule has 0 radical (unpaired) electrons. The van der Waals surface area contributed by atoms with Crippen molar-refractivity contribution in [2.45, 2.75) is 6.54 Å². The van der Waals surface area contributed by atoms with Crippen LogP contribution in [0.3, 0.4) is 0 Å². The minimum absolute atomic E-state index is 0.267. The molecule has 0 aliphatic rings. The van der Waals surface area contributed by atoms with E-state index >= 15 is 0 Å². The number of pyridine rings is 1. The van der Waals surface area contributed by atoms with Crippen molar-refractivity contribution in [1.29, 1.82) is 0 Å². The Hall–Kier alpha value is -2.78. The summed E-state index contributed by atoms with van der Waals surface area (Å²) < 4.78 is 0. The summed E-state index contributed by atoms with van der Waals surface area (Å²) in [5.74, 6) is 4.92. The van der Waals surface area contributed by atoms with Crippen LogP contribution in [0.5, 0.6) is 0 Å². The number of nitrogens with zero attached hydrogens (tertiary/aromatic N) is 3. The second kappa shape index (κ2) is 6.97. The van der Waals surface area contributed by atoms with Gasteiger partial charge in [0.25, 0.3) is 5.91 Å². The second-order valence-corrected chi connectivity index (χ2v) is 3.76. The maximum atomic E-state index is 12.1. The SMILES string of the molecule is O=C(NCc1ccncn1)c1ccncc1C#CCO. The molecule has 0 saturated carbocycles. The maximum absolute atomic E-state index is 12.1. The lowest BCUT2D eigenvalue weighted by Gasteiger charge is -2.06. The van der Waals surface area contributed by atoms with Gasteiger partial charge in [-0.15, -0.1) is 0 Å². The summed E-state index contributed by atoms with van der Waals surface area (Å²) in [7, 11) is 0. The number of aliphatic hydroxyl groups excluding tert-OH is 1. The number of hydrogen-bond acceptors (Lipinski definition) is 5. The molecule has 0 saturated heterocycles. The molecule has 2 N–H and O–H groups in total. The van der Waals surface area contributed by atoms with Crippen LogP contribution in [0.4, 0.5) is 0 Å². The van der Waals surface area contributed by atoms with Gasteiger partial charge in [0.1, 0.15) is 12.9 Å². The summed E-state index contributed by atoms with van der Waals surface area (Å²) in [5, 5.41) is 11.4. The molecule has 0 atom stereocenters. The summed E-state index contributed by atoms with van der Waals surface area (Å²) in [6.45, 7) is 0.0352. The summed E-state index contributed by atoms with van der Waals surface area (Å²) in [4.78, 5) is 23.8. The molecule has 6 nitrogen and oxygen atoms in total. The predicted molar refractivity (Wildman–Crippen MR) is 71.4 cm³/mol. The number of carbonyl (C=O) groups excluding carboxylic acids is 1. The summed E-state index contributed by atoms with van der Waals surface area (Å²) in [6, 6.07) is 3.30. The van der Waals surface area contributed by atoms with Gasteiger partial charge >= 0.3 is 0 Å². The van der Waals surface area contributed by atoms with E-state index in [4.69, 9.17) is 5.11 Å². The average molecular weight is 268 g/mol. The maximum Gasteiger partial charge on any atom is 0.252 e. The molecule has 100 valence electrons. The van der Waals surface area contributed by atoms with E-state index in [2.05, 4.69) is 32.1 Å². The third-order valence-electron chi connectivity index (χ3n) is 2.44. The minimum Gasteiger partial charge on any atom is -0.384 e. The number of amides is 1. The molecule has 2 aromatic heterocycles. The lowest BCUT2D eigenvalue weighted by molar-refractivity contribution is 0.0950. The van der Waals surface area contributed by atoms with Crippen molar-refractivity contribution in [3.63, 3.8) is 0 Å². The average Bonchev–Trinajstić information content (AvgIpc) is 2.52. The Labute approximate surface area is 115 Å². The third kappa shape index (κ3) is 3.60. The molecule has 0 spiro atoms. The van der Waals surface area contributed by atoms with Crippen molar-refractivity contribution in [2.24, 2.45) is 0 Å². The Kier molecular flexibility index (Phi) is 4.76. The number of rotatable bonds is 3. The van der Waals surface area contributed by atoms with Gasteiger partial charge in [-0.1, -0.05) is 11.8 Å². The Morgan fingerprint density at radius 3 is 2.90 bits per heavy atom. The highest BCUT2D eigenvalue weighted by atomic mass is 16.2. The highest BCUT2D eigenvalue weighted by Gasteiger charge is 2.09. The van der Waals surface area contributed by atoms with Crippen molar-refractivity contribution in [3.8, 4) is 11.8 Å². The first-order chi connectivity index (χ1) is 9.81. The molecule has 0 unspecified atom stereocenters. The van der Waals surface area contributed by atoms with Gasteiger partial charge in [-0.25, -0.2) is 9.97 Å². The second-order valence-electron chi connectivity index (χ2n) is 3.76. The molecule has 0 aliphatic carbocycles. The molecule has 0 fully saturated rings. The standard InChI is InChI=1S/C14H12N4O2/c19-7-1-2-11-8-15-6-4-13(11)14(20)17-9-12-3-5-16-10-18-12/h3-6,8,10,19H,7,9H2,(H,17,20). The van der Waals surface area contributed by atoms with Gasteiger partial charge in [-0.2, -0.15) is 0 Å². The first-order valence-corrected chi connectivity index (χ1v) is 5.88. The predicted octanol–water partition coefficient (Wildman–Crippen LogP) is 0.145. The van der Waals surface area contributed by atoms with E-state index in [-0.39, 0.29) is 12.5 Å². The minimum atomic E-state index is -0.270. The van der Waals surface area contributed by atoms with Crippen molar-refractivity contribution in [1.82, 2.24) is 20.3 Å². The van der Waals surface area contributed by atoms with E-state index in [1.165, 1.54) is 18.7 Å². The van der Waals surface area contributed by atoms with E-state index in [0.29, 0.717) is 23.4 Å². The molecule has 20 heavy (non-hydrogen) atoms. The number of carbonyl (C=O) groups is 1. The van der Waals surface area contributed by atoms with Crippen LogP contribution < -0.4 is 5.32 Å². The fourth-order valence-corrected chi connectivity index (χ4v) is 1.52. The van der Waals surface area contributed by atoms with Gasteiger partial charge < -0.3 is 10.4 Å². The lowest BCUT2D eigenvalue weighted by atomic mass is 10.1. The number of nitrogens with one attached hydrogen (secondary N) is 1. The fraction of sp³-hybridized carbons (Fsp3) is 0.143. The van der Waals surface area contributed by atoms with Gasteiger partial charge in [-0.05, 0) is 12.1 Å². The van der Waals surface area contributed by atoms with E-state index < -0.39 is 0 Å². The van der Waals surface area contributed by atoms with Crippen LogP contribution in [0.2, 0.25) is 0 Å². The van der Waals surface area contributed by atoms with Crippen molar-refractivity contribution >= 4 is 5.91 Å². The molecular formula is C14H12N4O2. The van der Waals surface area contributed by atoms with Gasteiger partial charge in [0.15, 0.2) is 0 Å². The fourth-order valence-electron chi connectivity index (χ4n) is 1.52. The molecule has 1 amide bonds. The Morgan fingerprint density at radius 2 is 2.15 bits per heavy atom. The zero-order valence-corrected chi connectivity index (χ0v) is 10.6. The number of aromatic nitrogens is 3. The summed E-state index contributed by atoms with van der Waals surface area (Å²) in [6.07, 6.45) is 6.04. The molecule has 0 aliphatic heterocycles. The van der Waals surface area contributed by atoms with Gasteiger partial charge in [0.2, 0.25) is 0 Å². The molecule has 0 aromatic carbocycles. The lowest BCUT2D eigenvalue weighted by Crippen LogP contribution is -2.24. The first kappa shape index (κ1) is 13.6. The number of aliphatic hydroxyl groups is 1. The Bertz CT molecular complexity index is 647. The molecule has 2 aromatic rings. The summed E-state index contributed by atoms with van der Waals surface area (Å²) >= 11 is 0. The molecule has 0 bridgehead atoms. The zero-order valence-electron chi connectivity index (χ0n) is 10.6. The van der Waals surface area contributed by atoms with E-state index in [1.807, 2.05) is 0 Å². The van der Waals surface area contributed by atoms with Crippen LogP contribution in [0, 0.1) is 11.8 Å². The van der Waals surface area contributed by atoms with E-state index in [9.17, 15) is 4.79 Å². The van der Waals surface area contributed by atoms with Crippen LogP contribution in [0.1, 0.15) is 21.6 Å². The summed E-state index contributed by atoms with van der Waals surface area (Å²) in [5.41, 5.74) is 1.60. The van der Waals surface area contributed by atoms with Crippen LogP contribution in [0.25, 0.3) is 0 Å². The Morgan fingerprint density at radius 1 is 1.30 bits per heavy atom. The third-order valence-corrected chi connectivity index (χ3v) is 2.44. The van der Waals surface area contributed by atoms with Gasteiger partial charge in [-0.3, -0.25) is 9.78 Å². The normalized spacial score (nSPS) is 9.45. The Balaban J connectivity index is 2.09. The molecule has 2 heterocycles. The molecule has 6 heteroatoms. The first-order valence-electron chi connectivity index (χ1n) is 5.88. The highest BCUT2D eigenvalue weighted by molar-refractivity contribution is 5.96. The van der Waals surface area contributed by atoms with Crippen LogP contribution >= 0.6 is 0 Å². The highest BCUT2D eigenvalue weighted by Crippen LogP contribution is 2.05. The molecular weight excluding hydrogens is 256 g/mol. The van der Waals surface area contributed by atoms with Crippen molar-refractivity contribution < 1.29 is 9.90 Å².